The van der Waals surface area contributed by atoms with Crippen LogP contribution in [0.5, 0.6) is 0 Å². The molecule has 0 aromatic carbocycles. The van der Waals surface area contributed by atoms with Crippen LogP contribution < -0.4 is 5.73 Å². The lowest BCUT2D eigenvalue weighted by Gasteiger charge is -2.42. The van der Waals surface area contributed by atoms with Crippen molar-refractivity contribution in [2.45, 2.75) is 65.7 Å². The largest absolute Gasteiger partial charge is 0.327 e. The van der Waals surface area contributed by atoms with Crippen LogP contribution in [-0.2, 0) is 19.5 Å². The van der Waals surface area contributed by atoms with Crippen molar-refractivity contribution in [3.63, 3.8) is 0 Å². The lowest BCUT2D eigenvalue weighted by atomic mass is 9.80. The molecule has 1 atom stereocenters. The minimum atomic E-state index is 0. The number of hydrogen-bond donors (Lipinski definition) is 1. The van der Waals surface area contributed by atoms with Gasteiger partial charge in [-0.25, -0.2) is 4.98 Å². The zero-order chi connectivity index (χ0) is 15.9. The second-order valence-electron chi connectivity index (χ2n) is 7.89. The van der Waals surface area contributed by atoms with E-state index in [1.165, 1.54) is 15.6 Å². The van der Waals surface area contributed by atoms with Crippen LogP contribution in [0.15, 0.2) is 0 Å². The first-order chi connectivity index (χ1) is 10.3. The molecule has 1 saturated heterocycles. The predicted molar refractivity (Wildman–Crippen MR) is 100 cm³/mol. The van der Waals surface area contributed by atoms with E-state index in [4.69, 9.17) is 10.7 Å². The fourth-order valence-corrected chi connectivity index (χ4v) is 4.77. The summed E-state index contributed by atoms with van der Waals surface area (Å²) in [7, 11) is 0. The zero-order valence-corrected chi connectivity index (χ0v) is 16.5. The van der Waals surface area contributed by atoms with Crippen LogP contribution in [0.25, 0.3) is 0 Å². The average Bonchev–Trinajstić information content (AvgIpc) is 2.83. The van der Waals surface area contributed by atoms with Crippen molar-refractivity contribution in [3.05, 3.63) is 15.6 Å². The number of aromatic nitrogens is 1. The molecule has 0 saturated carbocycles. The van der Waals surface area contributed by atoms with Gasteiger partial charge in [-0.3, -0.25) is 9.80 Å². The summed E-state index contributed by atoms with van der Waals surface area (Å²) in [6.07, 6.45) is 2.21. The Bertz CT molecular complexity index is 529. The molecule has 3 heterocycles. The molecule has 132 valence electrons. The summed E-state index contributed by atoms with van der Waals surface area (Å²) in [5, 5.41) is 1.29. The number of nitrogens with zero attached hydrogens (tertiary/aromatic N) is 3. The Hall–Kier alpha value is -0.200. The van der Waals surface area contributed by atoms with Gasteiger partial charge in [0.1, 0.15) is 5.01 Å². The summed E-state index contributed by atoms with van der Waals surface area (Å²) in [6.45, 7) is 14.6. The number of fused-ring (bicyclic) bond motifs is 1. The number of nitrogens with two attached hydrogens (primary N) is 1. The minimum Gasteiger partial charge on any atom is -0.327 e. The Balaban J connectivity index is 0.00000192. The Morgan fingerprint density at radius 2 is 2.09 bits per heavy atom. The molecule has 0 radical (unpaired) electrons. The lowest BCUT2D eigenvalue weighted by molar-refractivity contribution is 0.0898. The van der Waals surface area contributed by atoms with E-state index in [1.54, 1.807) is 0 Å². The van der Waals surface area contributed by atoms with Crippen molar-refractivity contribution in [2.24, 2.45) is 11.1 Å². The third-order valence-electron chi connectivity index (χ3n) is 5.29. The quantitative estimate of drug-likeness (QED) is 0.902. The van der Waals surface area contributed by atoms with Crippen molar-refractivity contribution in [3.8, 4) is 0 Å². The van der Waals surface area contributed by atoms with E-state index >= 15 is 0 Å². The van der Waals surface area contributed by atoms with Gasteiger partial charge >= 0.3 is 0 Å². The first kappa shape index (κ1) is 19.1. The summed E-state index contributed by atoms with van der Waals surface area (Å²) < 4.78 is 0. The van der Waals surface area contributed by atoms with Gasteiger partial charge in [-0.2, -0.15) is 0 Å². The lowest BCUT2D eigenvalue weighted by Crippen LogP contribution is -2.52. The fraction of sp³-hybridized carbons (Fsp3) is 0.824. The normalized spacial score (nSPS) is 25.2. The van der Waals surface area contributed by atoms with Crippen LogP contribution in [0.3, 0.4) is 0 Å². The average molecular weight is 359 g/mol. The molecule has 6 heteroatoms. The van der Waals surface area contributed by atoms with Crippen LogP contribution in [-0.4, -0.2) is 46.5 Å². The standard InChI is InChI=1S/C17H30N4S.ClH/c1-12(2)21-8-5-13-14(9-21)22-16(19-13)10-20-7-6-15(18)17(3,4)11-20;/h12,15H,5-11,18H2,1-4H3;1H. The highest BCUT2D eigenvalue weighted by atomic mass is 35.5. The van der Waals surface area contributed by atoms with Gasteiger partial charge in [-0.05, 0) is 25.7 Å². The number of likely N-dealkylation sites (tertiary alicyclic amines) is 1. The molecule has 1 aromatic heterocycles. The molecule has 2 N–H and O–H groups in total. The number of halogens is 1. The van der Waals surface area contributed by atoms with Crippen molar-refractivity contribution in [2.75, 3.05) is 19.6 Å². The molecule has 2 aliphatic heterocycles. The van der Waals surface area contributed by atoms with Gasteiger partial charge < -0.3 is 5.73 Å². The molecule has 0 spiro atoms. The summed E-state index contributed by atoms with van der Waals surface area (Å²) >= 11 is 1.93. The topological polar surface area (TPSA) is 45.4 Å². The second-order valence-corrected chi connectivity index (χ2v) is 9.05. The zero-order valence-electron chi connectivity index (χ0n) is 14.8. The van der Waals surface area contributed by atoms with Crippen LogP contribution in [0.4, 0.5) is 0 Å². The van der Waals surface area contributed by atoms with Crippen LogP contribution in [0.2, 0.25) is 0 Å². The van der Waals surface area contributed by atoms with Gasteiger partial charge in [0.25, 0.3) is 0 Å². The third kappa shape index (κ3) is 4.26. The highest BCUT2D eigenvalue weighted by Crippen LogP contribution is 2.31. The van der Waals surface area contributed by atoms with Crippen molar-refractivity contribution in [1.29, 1.82) is 0 Å². The van der Waals surface area contributed by atoms with Gasteiger partial charge in [0.15, 0.2) is 0 Å². The molecule has 1 aromatic rings. The molecule has 4 nitrogen and oxygen atoms in total. The van der Waals surface area contributed by atoms with Crippen molar-refractivity contribution in [1.82, 2.24) is 14.8 Å². The summed E-state index contributed by atoms with van der Waals surface area (Å²) in [4.78, 5) is 11.5. The Kier molecular flexibility index (Phi) is 6.12. The van der Waals surface area contributed by atoms with Crippen LogP contribution in [0.1, 0.15) is 49.7 Å². The highest BCUT2D eigenvalue weighted by molar-refractivity contribution is 7.11. The molecule has 2 aliphatic rings. The van der Waals surface area contributed by atoms with Gasteiger partial charge in [0.2, 0.25) is 0 Å². The molecular weight excluding hydrogens is 328 g/mol. The molecule has 0 bridgehead atoms. The summed E-state index contributed by atoms with van der Waals surface area (Å²) in [5.74, 6) is 0. The first-order valence-corrected chi connectivity index (χ1v) is 9.36. The molecule has 1 unspecified atom stereocenters. The number of hydrogen-bond acceptors (Lipinski definition) is 5. The summed E-state index contributed by atoms with van der Waals surface area (Å²) in [5.41, 5.74) is 7.81. The van der Waals surface area contributed by atoms with Crippen LogP contribution >= 0.6 is 23.7 Å². The molecular formula is C17H31ClN4S. The van der Waals surface area contributed by atoms with E-state index in [0.29, 0.717) is 12.1 Å². The van der Waals surface area contributed by atoms with E-state index in [1.807, 2.05) is 11.3 Å². The predicted octanol–water partition coefficient (Wildman–Crippen LogP) is 2.89. The van der Waals surface area contributed by atoms with Gasteiger partial charge in [0, 0.05) is 49.6 Å². The smallest absolute Gasteiger partial charge is 0.107 e. The Labute approximate surface area is 150 Å². The molecule has 0 aliphatic carbocycles. The monoisotopic (exact) mass is 358 g/mol. The molecule has 3 rings (SSSR count). The first-order valence-electron chi connectivity index (χ1n) is 8.54. The maximum atomic E-state index is 6.25. The Morgan fingerprint density at radius 1 is 1.35 bits per heavy atom. The van der Waals surface area contributed by atoms with Crippen molar-refractivity contribution < 1.29 is 0 Å². The molecule has 23 heavy (non-hydrogen) atoms. The molecule has 0 amide bonds. The third-order valence-corrected chi connectivity index (χ3v) is 6.35. The second kappa shape index (κ2) is 7.36. The fourth-order valence-electron chi connectivity index (χ4n) is 3.59. The van der Waals surface area contributed by atoms with E-state index in [-0.39, 0.29) is 17.8 Å². The van der Waals surface area contributed by atoms with E-state index < -0.39 is 0 Å². The van der Waals surface area contributed by atoms with Gasteiger partial charge in [-0.1, -0.05) is 13.8 Å². The van der Waals surface area contributed by atoms with Crippen molar-refractivity contribution >= 4 is 23.7 Å². The van der Waals surface area contributed by atoms with Gasteiger partial charge in [-0.15, -0.1) is 23.7 Å². The number of piperidine rings is 1. The maximum Gasteiger partial charge on any atom is 0.107 e. The number of rotatable bonds is 3. The summed E-state index contributed by atoms with van der Waals surface area (Å²) in [6, 6.07) is 0.955. The van der Waals surface area contributed by atoms with E-state index in [0.717, 1.165) is 45.6 Å². The SMILES string of the molecule is CC(C)N1CCc2nc(CN3CCC(N)C(C)(C)C3)sc2C1.Cl. The van der Waals surface area contributed by atoms with Crippen LogP contribution in [0, 0.1) is 5.41 Å². The van der Waals surface area contributed by atoms with Gasteiger partial charge in [0.05, 0.1) is 12.2 Å². The van der Waals surface area contributed by atoms with E-state index in [9.17, 15) is 0 Å². The molecule has 1 fully saturated rings. The van der Waals surface area contributed by atoms with E-state index in [2.05, 4.69) is 37.5 Å². The Morgan fingerprint density at radius 3 is 2.74 bits per heavy atom. The minimum absolute atomic E-state index is 0. The number of thiazole rings is 1. The maximum absolute atomic E-state index is 6.25. The highest BCUT2D eigenvalue weighted by Gasteiger charge is 2.33.